The first kappa shape index (κ1) is 17.1. The van der Waals surface area contributed by atoms with E-state index in [0.29, 0.717) is 15.2 Å². The third-order valence-corrected chi connectivity index (χ3v) is 5.63. The van der Waals surface area contributed by atoms with Crippen LogP contribution in [-0.4, -0.2) is 22.2 Å². The number of carboxylic acids is 2. The van der Waals surface area contributed by atoms with Crippen LogP contribution in [0.15, 0.2) is 82.6 Å². The monoisotopic (exact) mass is 374 g/mol. The highest BCUT2D eigenvalue weighted by atomic mass is 32.2. The highest BCUT2D eigenvalue weighted by molar-refractivity contribution is 7.99. The van der Waals surface area contributed by atoms with E-state index < -0.39 is 11.9 Å². The van der Waals surface area contributed by atoms with Crippen molar-refractivity contribution in [3.05, 3.63) is 83.9 Å². The molecular formula is C22H14O4S. The van der Waals surface area contributed by atoms with Gasteiger partial charge in [-0.05, 0) is 33.7 Å². The number of hydrogen-bond donors (Lipinski definition) is 2. The summed E-state index contributed by atoms with van der Waals surface area (Å²) < 4.78 is 0. The molecule has 27 heavy (non-hydrogen) atoms. The molecule has 0 aromatic heterocycles. The summed E-state index contributed by atoms with van der Waals surface area (Å²) in [6.07, 6.45) is 0. The molecule has 0 aliphatic heterocycles. The van der Waals surface area contributed by atoms with Crippen molar-refractivity contribution in [2.24, 2.45) is 0 Å². The van der Waals surface area contributed by atoms with E-state index in [4.69, 9.17) is 0 Å². The molecule has 0 heterocycles. The van der Waals surface area contributed by atoms with Crippen LogP contribution >= 0.6 is 11.8 Å². The molecule has 0 saturated heterocycles. The van der Waals surface area contributed by atoms with E-state index in [1.807, 2.05) is 42.5 Å². The van der Waals surface area contributed by atoms with Gasteiger partial charge < -0.3 is 10.2 Å². The Kier molecular flexibility index (Phi) is 4.30. The second kappa shape index (κ2) is 6.78. The lowest BCUT2D eigenvalue weighted by molar-refractivity contribution is 0.0684. The zero-order valence-electron chi connectivity index (χ0n) is 14.0. The molecule has 5 heteroatoms. The molecule has 0 bridgehead atoms. The predicted octanol–water partition coefficient (Wildman–Crippen LogP) is 5.54. The van der Waals surface area contributed by atoms with Gasteiger partial charge in [0.05, 0.1) is 11.1 Å². The average Bonchev–Trinajstić information content (AvgIpc) is 2.67. The summed E-state index contributed by atoms with van der Waals surface area (Å²) in [4.78, 5) is 24.8. The largest absolute Gasteiger partial charge is 0.478 e. The maximum absolute atomic E-state index is 12.0. The van der Waals surface area contributed by atoms with Crippen LogP contribution in [0, 0.1) is 0 Å². The van der Waals surface area contributed by atoms with Crippen LogP contribution in [0.25, 0.3) is 21.5 Å². The Morgan fingerprint density at radius 3 is 1.93 bits per heavy atom. The van der Waals surface area contributed by atoms with Gasteiger partial charge in [-0.1, -0.05) is 72.4 Å². The molecule has 0 aliphatic rings. The fourth-order valence-corrected chi connectivity index (χ4v) is 4.41. The molecule has 0 fully saturated rings. The topological polar surface area (TPSA) is 74.6 Å². The van der Waals surface area contributed by atoms with Crippen molar-refractivity contribution in [1.29, 1.82) is 0 Å². The summed E-state index contributed by atoms with van der Waals surface area (Å²) in [7, 11) is 0. The molecular weight excluding hydrogens is 360 g/mol. The number of aromatic carboxylic acids is 2. The molecule has 0 aliphatic carbocycles. The summed E-state index contributed by atoms with van der Waals surface area (Å²) in [5, 5.41) is 22.6. The van der Waals surface area contributed by atoms with E-state index in [1.165, 1.54) is 11.8 Å². The average molecular weight is 374 g/mol. The number of rotatable bonds is 4. The van der Waals surface area contributed by atoms with Crippen molar-refractivity contribution in [3.8, 4) is 0 Å². The number of benzene rings is 4. The second-order valence-corrected chi connectivity index (χ2v) is 7.09. The molecule has 0 atom stereocenters. The number of carboxylic acid groups (broad SMARTS) is 2. The van der Waals surface area contributed by atoms with Crippen LogP contribution in [0.1, 0.15) is 20.7 Å². The Labute approximate surface area is 159 Å². The molecule has 4 aromatic rings. The van der Waals surface area contributed by atoms with Gasteiger partial charge in [0.25, 0.3) is 0 Å². The van der Waals surface area contributed by atoms with Gasteiger partial charge in [0.2, 0.25) is 0 Å². The standard InChI is InChI=1S/C22H14O4S/c23-21(24)17-11-9-14-6-2-4-8-16(14)20(17)27-18-12-10-13-5-1-3-7-15(13)19(18)22(25)26/h1-12H,(H,23,24)(H,25,26). The molecule has 132 valence electrons. The van der Waals surface area contributed by atoms with E-state index >= 15 is 0 Å². The second-order valence-electron chi connectivity index (χ2n) is 6.04. The van der Waals surface area contributed by atoms with Crippen molar-refractivity contribution in [3.63, 3.8) is 0 Å². The molecule has 0 spiro atoms. The maximum Gasteiger partial charge on any atom is 0.337 e. The van der Waals surface area contributed by atoms with Crippen molar-refractivity contribution >= 4 is 45.2 Å². The third-order valence-electron chi connectivity index (χ3n) is 4.43. The normalized spacial score (nSPS) is 11.0. The first-order chi connectivity index (χ1) is 13.1. The first-order valence-electron chi connectivity index (χ1n) is 8.24. The summed E-state index contributed by atoms with van der Waals surface area (Å²) in [6, 6.07) is 21.7. The highest BCUT2D eigenvalue weighted by Crippen LogP contribution is 2.40. The quantitative estimate of drug-likeness (QED) is 0.490. The van der Waals surface area contributed by atoms with Crippen molar-refractivity contribution in [1.82, 2.24) is 0 Å². The van der Waals surface area contributed by atoms with Gasteiger partial charge in [-0.2, -0.15) is 0 Å². The molecule has 4 aromatic carbocycles. The van der Waals surface area contributed by atoms with Crippen LogP contribution in [0.3, 0.4) is 0 Å². The van der Waals surface area contributed by atoms with Crippen LogP contribution in [-0.2, 0) is 0 Å². The van der Waals surface area contributed by atoms with Crippen LogP contribution in [0.5, 0.6) is 0 Å². The lowest BCUT2D eigenvalue weighted by Crippen LogP contribution is -2.02. The molecule has 0 amide bonds. The third kappa shape index (κ3) is 3.02. The van der Waals surface area contributed by atoms with Gasteiger partial charge in [-0.15, -0.1) is 0 Å². The molecule has 4 nitrogen and oxygen atoms in total. The first-order valence-corrected chi connectivity index (χ1v) is 9.06. The lowest BCUT2D eigenvalue weighted by Gasteiger charge is -2.13. The molecule has 0 unspecified atom stereocenters. The lowest BCUT2D eigenvalue weighted by atomic mass is 10.0. The zero-order chi connectivity index (χ0) is 19.0. The van der Waals surface area contributed by atoms with Crippen molar-refractivity contribution in [2.45, 2.75) is 9.79 Å². The van der Waals surface area contributed by atoms with Gasteiger partial charge in [-0.3, -0.25) is 0 Å². The summed E-state index contributed by atoms with van der Waals surface area (Å²) in [5.41, 5.74) is 0.338. The van der Waals surface area contributed by atoms with E-state index in [9.17, 15) is 19.8 Å². The smallest absolute Gasteiger partial charge is 0.337 e. The van der Waals surface area contributed by atoms with Crippen molar-refractivity contribution < 1.29 is 19.8 Å². The van der Waals surface area contributed by atoms with Crippen LogP contribution in [0.2, 0.25) is 0 Å². The minimum absolute atomic E-state index is 0.156. The summed E-state index contributed by atoms with van der Waals surface area (Å²) >= 11 is 1.18. The summed E-state index contributed by atoms with van der Waals surface area (Å²) in [5.74, 6) is -2.08. The van der Waals surface area contributed by atoms with Gasteiger partial charge in [-0.25, -0.2) is 9.59 Å². The Bertz CT molecular complexity index is 1210. The number of fused-ring (bicyclic) bond motifs is 2. The Morgan fingerprint density at radius 1 is 0.667 bits per heavy atom. The molecule has 2 N–H and O–H groups in total. The Hall–Kier alpha value is -3.31. The van der Waals surface area contributed by atoms with Gasteiger partial charge >= 0.3 is 11.9 Å². The minimum atomic E-state index is -1.04. The fraction of sp³-hybridized carbons (Fsp3) is 0. The van der Waals surface area contributed by atoms with Crippen LogP contribution < -0.4 is 0 Å². The fourth-order valence-electron chi connectivity index (χ4n) is 3.19. The Morgan fingerprint density at radius 2 is 1.26 bits per heavy atom. The summed E-state index contributed by atoms with van der Waals surface area (Å²) in [6.45, 7) is 0. The predicted molar refractivity (Wildman–Crippen MR) is 106 cm³/mol. The molecule has 0 radical (unpaired) electrons. The van der Waals surface area contributed by atoms with Gasteiger partial charge in [0.15, 0.2) is 0 Å². The van der Waals surface area contributed by atoms with E-state index in [0.717, 1.165) is 16.2 Å². The van der Waals surface area contributed by atoms with Gasteiger partial charge in [0, 0.05) is 9.79 Å². The van der Waals surface area contributed by atoms with E-state index in [2.05, 4.69) is 0 Å². The molecule has 0 saturated carbocycles. The number of carbonyl (C=O) groups is 2. The van der Waals surface area contributed by atoms with E-state index in [-0.39, 0.29) is 11.1 Å². The minimum Gasteiger partial charge on any atom is -0.478 e. The Balaban J connectivity index is 1.98. The SMILES string of the molecule is O=C(O)c1ccc2ccccc2c1Sc1ccc2ccccc2c1C(=O)O. The highest BCUT2D eigenvalue weighted by Gasteiger charge is 2.20. The maximum atomic E-state index is 12.0. The molecule has 4 rings (SSSR count). The van der Waals surface area contributed by atoms with Gasteiger partial charge in [0.1, 0.15) is 0 Å². The number of hydrogen-bond acceptors (Lipinski definition) is 3. The van der Waals surface area contributed by atoms with E-state index in [1.54, 1.807) is 30.3 Å². The zero-order valence-corrected chi connectivity index (χ0v) is 14.9. The van der Waals surface area contributed by atoms with Crippen molar-refractivity contribution in [2.75, 3.05) is 0 Å². The van der Waals surface area contributed by atoms with Crippen LogP contribution in [0.4, 0.5) is 0 Å².